The number of amides is 1. The number of rotatable bonds is 7. The SMILES string of the molecule is Cc1cccc(OCCN(C)C(=O)c2nn(-c3ccccc3[N+](=O)[O-])c(C)cc2=O)c1. The van der Waals surface area contributed by atoms with Crippen molar-refractivity contribution >= 4 is 11.6 Å². The van der Waals surface area contributed by atoms with Gasteiger partial charge in [-0.05, 0) is 37.6 Å². The summed E-state index contributed by atoms with van der Waals surface area (Å²) in [5, 5.41) is 15.5. The van der Waals surface area contributed by atoms with Crippen molar-refractivity contribution in [1.29, 1.82) is 0 Å². The Labute approximate surface area is 178 Å². The van der Waals surface area contributed by atoms with Crippen LogP contribution < -0.4 is 10.2 Å². The Balaban J connectivity index is 1.82. The highest BCUT2D eigenvalue weighted by Gasteiger charge is 2.22. The molecule has 0 aliphatic heterocycles. The largest absolute Gasteiger partial charge is 0.492 e. The van der Waals surface area contributed by atoms with Gasteiger partial charge < -0.3 is 9.64 Å². The Morgan fingerprint density at radius 1 is 1.16 bits per heavy atom. The van der Waals surface area contributed by atoms with E-state index in [0.717, 1.165) is 5.56 Å². The van der Waals surface area contributed by atoms with Gasteiger partial charge in [-0.15, -0.1) is 0 Å². The minimum atomic E-state index is -0.592. The Hall–Kier alpha value is -4.01. The number of aromatic nitrogens is 2. The number of aryl methyl sites for hydroxylation is 2. The third-order valence-corrected chi connectivity index (χ3v) is 4.65. The van der Waals surface area contributed by atoms with Gasteiger partial charge in [-0.3, -0.25) is 19.7 Å². The second-order valence-electron chi connectivity index (χ2n) is 7.05. The molecule has 0 saturated heterocycles. The Morgan fingerprint density at radius 2 is 1.90 bits per heavy atom. The van der Waals surface area contributed by atoms with Gasteiger partial charge in [-0.1, -0.05) is 24.3 Å². The van der Waals surface area contributed by atoms with Crippen molar-refractivity contribution in [2.75, 3.05) is 20.2 Å². The molecule has 9 heteroatoms. The van der Waals surface area contributed by atoms with Gasteiger partial charge >= 0.3 is 0 Å². The van der Waals surface area contributed by atoms with Crippen molar-refractivity contribution in [3.8, 4) is 11.4 Å². The molecule has 1 aromatic heterocycles. The summed E-state index contributed by atoms with van der Waals surface area (Å²) < 4.78 is 6.90. The molecule has 2 aromatic carbocycles. The third kappa shape index (κ3) is 4.95. The molecule has 1 heterocycles. The van der Waals surface area contributed by atoms with Crippen LogP contribution in [-0.4, -0.2) is 45.7 Å². The number of hydrogen-bond acceptors (Lipinski definition) is 6. The van der Waals surface area contributed by atoms with Crippen molar-refractivity contribution < 1.29 is 14.5 Å². The van der Waals surface area contributed by atoms with Gasteiger partial charge in [-0.2, -0.15) is 5.10 Å². The molecule has 160 valence electrons. The van der Waals surface area contributed by atoms with Gasteiger partial charge in [0.25, 0.3) is 11.6 Å². The van der Waals surface area contributed by atoms with Crippen LogP contribution in [0.25, 0.3) is 5.69 Å². The quantitative estimate of drug-likeness (QED) is 0.428. The summed E-state index contributed by atoms with van der Waals surface area (Å²) in [4.78, 5) is 37.4. The van der Waals surface area contributed by atoms with Crippen molar-refractivity contribution in [3.63, 3.8) is 0 Å². The zero-order chi connectivity index (χ0) is 22.5. The monoisotopic (exact) mass is 422 g/mol. The summed E-state index contributed by atoms with van der Waals surface area (Å²) >= 11 is 0. The maximum Gasteiger partial charge on any atom is 0.294 e. The molecule has 0 aliphatic rings. The lowest BCUT2D eigenvalue weighted by atomic mass is 10.2. The number of ether oxygens (including phenoxy) is 1. The van der Waals surface area contributed by atoms with E-state index < -0.39 is 16.3 Å². The third-order valence-electron chi connectivity index (χ3n) is 4.65. The van der Waals surface area contributed by atoms with E-state index in [1.54, 1.807) is 13.0 Å². The molecule has 0 N–H and O–H groups in total. The molecular weight excluding hydrogens is 400 g/mol. The highest BCUT2D eigenvalue weighted by Crippen LogP contribution is 2.22. The molecule has 3 rings (SSSR count). The van der Waals surface area contributed by atoms with Crippen LogP contribution in [0.15, 0.2) is 59.4 Å². The summed E-state index contributed by atoms with van der Waals surface area (Å²) in [6.45, 7) is 4.01. The first-order valence-electron chi connectivity index (χ1n) is 9.57. The lowest BCUT2D eigenvalue weighted by Crippen LogP contribution is -2.36. The highest BCUT2D eigenvalue weighted by atomic mass is 16.6. The van der Waals surface area contributed by atoms with E-state index in [0.29, 0.717) is 11.4 Å². The maximum atomic E-state index is 12.8. The number of benzene rings is 2. The topological polar surface area (TPSA) is 108 Å². The first-order chi connectivity index (χ1) is 14.8. The molecule has 0 unspecified atom stereocenters. The molecule has 1 amide bonds. The number of carbonyl (C=O) groups excluding carboxylic acids is 1. The zero-order valence-electron chi connectivity index (χ0n) is 17.4. The van der Waals surface area contributed by atoms with Crippen LogP contribution in [0.5, 0.6) is 5.75 Å². The molecule has 3 aromatic rings. The Bertz CT molecular complexity index is 1190. The second-order valence-corrected chi connectivity index (χ2v) is 7.05. The van der Waals surface area contributed by atoms with Crippen molar-refractivity contribution in [3.05, 3.63) is 91.9 Å². The lowest BCUT2D eigenvalue weighted by Gasteiger charge is -2.18. The summed E-state index contributed by atoms with van der Waals surface area (Å²) in [6, 6.07) is 14.8. The number of hydrogen-bond donors (Lipinski definition) is 0. The highest BCUT2D eigenvalue weighted by molar-refractivity contribution is 5.91. The summed E-state index contributed by atoms with van der Waals surface area (Å²) in [5.41, 5.74) is 0.553. The minimum absolute atomic E-state index is 0.171. The summed E-state index contributed by atoms with van der Waals surface area (Å²) in [7, 11) is 1.54. The Kier molecular flexibility index (Phi) is 6.44. The van der Waals surface area contributed by atoms with Gasteiger partial charge in [0.1, 0.15) is 18.0 Å². The van der Waals surface area contributed by atoms with Gasteiger partial charge in [0, 0.05) is 24.9 Å². The zero-order valence-corrected chi connectivity index (χ0v) is 17.4. The van der Waals surface area contributed by atoms with Crippen LogP contribution in [0.4, 0.5) is 5.69 Å². The molecule has 0 fully saturated rings. The van der Waals surface area contributed by atoms with E-state index in [4.69, 9.17) is 4.74 Å². The first-order valence-corrected chi connectivity index (χ1v) is 9.57. The molecule has 0 bridgehead atoms. The molecule has 0 saturated carbocycles. The smallest absolute Gasteiger partial charge is 0.294 e. The molecule has 31 heavy (non-hydrogen) atoms. The van der Waals surface area contributed by atoms with Crippen LogP contribution in [0, 0.1) is 24.0 Å². The van der Waals surface area contributed by atoms with Gasteiger partial charge in [0.05, 0.1) is 11.5 Å². The van der Waals surface area contributed by atoms with Gasteiger partial charge in [0.15, 0.2) is 5.69 Å². The molecular formula is C22H22N4O5. The molecule has 9 nitrogen and oxygen atoms in total. The number of likely N-dealkylation sites (N-methyl/N-ethyl adjacent to an activating group) is 1. The number of nitrogens with zero attached hydrogens (tertiary/aromatic N) is 4. The van der Waals surface area contributed by atoms with Crippen molar-refractivity contribution in [2.24, 2.45) is 0 Å². The van der Waals surface area contributed by atoms with E-state index in [1.807, 2.05) is 31.2 Å². The normalized spacial score (nSPS) is 10.5. The van der Waals surface area contributed by atoms with Crippen molar-refractivity contribution in [1.82, 2.24) is 14.7 Å². The van der Waals surface area contributed by atoms with E-state index >= 15 is 0 Å². The van der Waals surface area contributed by atoms with Crippen LogP contribution in [-0.2, 0) is 0 Å². The predicted octanol–water partition coefficient (Wildman–Crippen LogP) is 2.91. The van der Waals surface area contributed by atoms with E-state index in [-0.39, 0.29) is 30.2 Å². The molecule has 0 aliphatic carbocycles. The van der Waals surface area contributed by atoms with E-state index in [2.05, 4.69) is 5.10 Å². The van der Waals surface area contributed by atoms with E-state index in [9.17, 15) is 19.7 Å². The van der Waals surface area contributed by atoms with Crippen LogP contribution in [0.2, 0.25) is 0 Å². The number of nitro benzene ring substituents is 1. The van der Waals surface area contributed by atoms with Crippen LogP contribution in [0.1, 0.15) is 21.7 Å². The fourth-order valence-electron chi connectivity index (χ4n) is 3.02. The first kappa shape index (κ1) is 21.7. The molecule has 0 radical (unpaired) electrons. The average Bonchev–Trinajstić information content (AvgIpc) is 2.73. The average molecular weight is 422 g/mol. The lowest BCUT2D eigenvalue weighted by molar-refractivity contribution is -0.384. The predicted molar refractivity (Wildman–Crippen MR) is 115 cm³/mol. The standard InChI is InChI=1S/C22H22N4O5/c1-15-7-6-8-17(13-15)31-12-11-24(3)22(28)21-20(27)14-16(2)25(23-21)18-9-4-5-10-19(18)26(29)30/h4-10,13-14H,11-12H2,1-3H3. The maximum absolute atomic E-state index is 12.8. The second kappa shape index (κ2) is 9.21. The van der Waals surface area contributed by atoms with Gasteiger partial charge in [-0.25, -0.2) is 4.68 Å². The fraction of sp³-hybridized carbons (Fsp3) is 0.227. The Morgan fingerprint density at radius 3 is 2.61 bits per heavy atom. The minimum Gasteiger partial charge on any atom is -0.492 e. The summed E-state index contributed by atoms with van der Waals surface area (Å²) in [5.74, 6) is 0.0956. The molecule has 0 spiro atoms. The van der Waals surface area contributed by atoms with E-state index in [1.165, 1.54) is 40.9 Å². The molecule has 0 atom stereocenters. The van der Waals surface area contributed by atoms with Gasteiger partial charge in [0.2, 0.25) is 5.43 Å². The number of carbonyl (C=O) groups is 1. The van der Waals surface area contributed by atoms with Crippen molar-refractivity contribution in [2.45, 2.75) is 13.8 Å². The van der Waals surface area contributed by atoms with Crippen LogP contribution in [0.3, 0.4) is 0 Å². The van der Waals surface area contributed by atoms with Crippen LogP contribution >= 0.6 is 0 Å². The number of nitro groups is 1. The fourth-order valence-corrected chi connectivity index (χ4v) is 3.02. The number of para-hydroxylation sites is 2. The summed E-state index contributed by atoms with van der Waals surface area (Å²) in [6.07, 6.45) is 0.